The summed E-state index contributed by atoms with van der Waals surface area (Å²) in [4.78, 5) is 18.3. The number of hydrogen-bond acceptors (Lipinski definition) is 5. The van der Waals surface area contributed by atoms with E-state index in [0.29, 0.717) is 24.5 Å². The number of hydrogen-bond donors (Lipinski definition) is 0. The molecule has 30 heavy (non-hydrogen) atoms. The van der Waals surface area contributed by atoms with Gasteiger partial charge in [-0.15, -0.1) is 0 Å². The van der Waals surface area contributed by atoms with Gasteiger partial charge in [-0.1, -0.05) is 12.1 Å². The van der Waals surface area contributed by atoms with Gasteiger partial charge in [-0.25, -0.2) is 14.2 Å². The maximum atomic E-state index is 14.1. The molecule has 3 rings (SSSR count). The van der Waals surface area contributed by atoms with Gasteiger partial charge in [-0.2, -0.15) is 5.26 Å². The van der Waals surface area contributed by atoms with E-state index < -0.39 is 11.4 Å². The highest BCUT2D eigenvalue weighted by Gasteiger charge is 2.29. The number of aromatic nitrogens is 1. The van der Waals surface area contributed by atoms with Crippen LogP contribution in [0.15, 0.2) is 36.5 Å². The van der Waals surface area contributed by atoms with E-state index in [4.69, 9.17) is 14.7 Å². The Morgan fingerprint density at radius 3 is 2.67 bits per heavy atom. The first-order chi connectivity index (χ1) is 14.3. The Morgan fingerprint density at radius 2 is 2.03 bits per heavy atom. The largest absolute Gasteiger partial charge is 0.472 e. The SMILES string of the molecule is CC(C)(C)OC(=O)N1CCC(c2cccnc2OCc2ccc(C#N)cc2F)CC1. The van der Waals surface area contributed by atoms with E-state index in [1.54, 1.807) is 23.2 Å². The molecule has 6 nitrogen and oxygen atoms in total. The third-order valence-corrected chi connectivity index (χ3v) is 4.93. The van der Waals surface area contributed by atoms with E-state index >= 15 is 0 Å². The summed E-state index contributed by atoms with van der Waals surface area (Å²) in [5.74, 6) is 0.187. The third kappa shape index (κ3) is 5.47. The lowest BCUT2D eigenvalue weighted by Gasteiger charge is -2.33. The van der Waals surface area contributed by atoms with Gasteiger partial charge in [-0.05, 0) is 57.7 Å². The number of benzene rings is 1. The van der Waals surface area contributed by atoms with Crippen LogP contribution in [-0.4, -0.2) is 34.7 Å². The van der Waals surface area contributed by atoms with Gasteiger partial charge in [0.15, 0.2) is 0 Å². The van der Waals surface area contributed by atoms with E-state index in [0.717, 1.165) is 18.4 Å². The topological polar surface area (TPSA) is 75.4 Å². The molecule has 1 aromatic carbocycles. The molecule has 0 N–H and O–H groups in total. The number of carbonyl (C=O) groups is 1. The Kier molecular flexibility index (Phi) is 6.56. The van der Waals surface area contributed by atoms with Gasteiger partial charge < -0.3 is 14.4 Å². The molecule has 1 aliphatic heterocycles. The first-order valence-electron chi connectivity index (χ1n) is 10.0. The average Bonchev–Trinajstić information content (AvgIpc) is 2.72. The molecule has 0 radical (unpaired) electrons. The van der Waals surface area contributed by atoms with Crippen LogP contribution >= 0.6 is 0 Å². The molecular formula is C23H26FN3O3. The maximum Gasteiger partial charge on any atom is 0.410 e. The highest BCUT2D eigenvalue weighted by Crippen LogP contribution is 2.33. The Bertz CT molecular complexity index is 941. The van der Waals surface area contributed by atoms with Crippen LogP contribution in [0.2, 0.25) is 0 Å². The van der Waals surface area contributed by atoms with Gasteiger partial charge >= 0.3 is 6.09 Å². The minimum atomic E-state index is -0.515. The number of likely N-dealkylation sites (tertiary alicyclic amines) is 1. The van der Waals surface area contributed by atoms with Crippen LogP contribution in [0.5, 0.6) is 5.88 Å². The van der Waals surface area contributed by atoms with Gasteiger partial charge in [0, 0.05) is 30.4 Å². The molecule has 0 saturated carbocycles. The predicted octanol–water partition coefficient (Wildman–Crippen LogP) is 4.79. The van der Waals surface area contributed by atoms with Crippen molar-refractivity contribution in [1.29, 1.82) is 5.26 Å². The minimum Gasteiger partial charge on any atom is -0.472 e. The summed E-state index contributed by atoms with van der Waals surface area (Å²) in [6.07, 6.45) is 2.89. The van der Waals surface area contributed by atoms with Crippen molar-refractivity contribution in [3.8, 4) is 11.9 Å². The summed E-state index contributed by atoms with van der Waals surface area (Å²) in [6.45, 7) is 6.78. The van der Waals surface area contributed by atoms with Crippen LogP contribution in [0.4, 0.5) is 9.18 Å². The zero-order valence-electron chi connectivity index (χ0n) is 17.5. The van der Waals surface area contributed by atoms with Crippen LogP contribution in [0.25, 0.3) is 0 Å². The fourth-order valence-corrected chi connectivity index (χ4v) is 3.41. The van der Waals surface area contributed by atoms with E-state index in [1.807, 2.05) is 39.0 Å². The number of halogens is 1. The van der Waals surface area contributed by atoms with Crippen molar-refractivity contribution in [3.63, 3.8) is 0 Å². The Hall–Kier alpha value is -3.14. The fourth-order valence-electron chi connectivity index (χ4n) is 3.41. The summed E-state index contributed by atoms with van der Waals surface area (Å²) in [6, 6.07) is 10.0. The van der Waals surface area contributed by atoms with Crippen molar-refractivity contribution in [3.05, 3.63) is 59.0 Å². The first-order valence-corrected chi connectivity index (χ1v) is 10.0. The molecule has 0 aliphatic carbocycles. The van der Waals surface area contributed by atoms with E-state index in [-0.39, 0.29) is 24.2 Å². The highest BCUT2D eigenvalue weighted by molar-refractivity contribution is 5.68. The van der Waals surface area contributed by atoms with Crippen LogP contribution < -0.4 is 4.74 Å². The van der Waals surface area contributed by atoms with E-state index in [1.165, 1.54) is 6.07 Å². The molecule has 0 spiro atoms. The second-order valence-corrected chi connectivity index (χ2v) is 8.35. The molecule has 1 aromatic heterocycles. The minimum absolute atomic E-state index is 0.0261. The molecule has 0 atom stereocenters. The van der Waals surface area contributed by atoms with Crippen LogP contribution in [0.3, 0.4) is 0 Å². The Morgan fingerprint density at radius 1 is 1.30 bits per heavy atom. The fraction of sp³-hybridized carbons (Fsp3) is 0.435. The summed E-state index contributed by atoms with van der Waals surface area (Å²) in [7, 11) is 0. The van der Waals surface area contributed by atoms with Gasteiger partial charge in [0.25, 0.3) is 0 Å². The second kappa shape index (κ2) is 9.12. The lowest BCUT2D eigenvalue weighted by Crippen LogP contribution is -2.41. The van der Waals surface area contributed by atoms with Crippen molar-refractivity contribution < 1.29 is 18.7 Å². The van der Waals surface area contributed by atoms with Gasteiger partial charge in [0.05, 0.1) is 11.6 Å². The lowest BCUT2D eigenvalue weighted by atomic mass is 9.90. The smallest absolute Gasteiger partial charge is 0.410 e. The number of nitrogens with zero attached hydrogens (tertiary/aromatic N) is 3. The number of ether oxygens (including phenoxy) is 2. The molecule has 1 aliphatic rings. The van der Waals surface area contributed by atoms with Gasteiger partial charge in [0.1, 0.15) is 18.0 Å². The van der Waals surface area contributed by atoms with Gasteiger partial charge in [0.2, 0.25) is 5.88 Å². The van der Waals surface area contributed by atoms with Crippen molar-refractivity contribution in [2.45, 2.75) is 51.7 Å². The van der Waals surface area contributed by atoms with Crippen LogP contribution in [-0.2, 0) is 11.3 Å². The molecule has 0 unspecified atom stereocenters. The van der Waals surface area contributed by atoms with Crippen LogP contribution in [0, 0.1) is 17.1 Å². The Labute approximate surface area is 176 Å². The monoisotopic (exact) mass is 411 g/mol. The average molecular weight is 411 g/mol. The highest BCUT2D eigenvalue weighted by atomic mass is 19.1. The van der Waals surface area contributed by atoms with E-state index in [9.17, 15) is 9.18 Å². The predicted molar refractivity (Wildman–Crippen MR) is 109 cm³/mol. The maximum absolute atomic E-state index is 14.1. The number of carbonyl (C=O) groups excluding carboxylic acids is 1. The number of amides is 1. The Balaban J connectivity index is 1.64. The number of rotatable bonds is 4. The molecule has 7 heteroatoms. The zero-order valence-corrected chi connectivity index (χ0v) is 17.5. The molecule has 2 aromatic rings. The normalized spacial score (nSPS) is 14.8. The summed E-state index contributed by atoms with van der Waals surface area (Å²) >= 11 is 0. The molecule has 1 saturated heterocycles. The molecular weight excluding hydrogens is 385 g/mol. The summed E-state index contributed by atoms with van der Waals surface area (Å²) in [5.41, 5.74) is 1.08. The van der Waals surface area contributed by atoms with Crippen LogP contribution in [0.1, 0.15) is 56.2 Å². The number of piperidine rings is 1. The third-order valence-electron chi connectivity index (χ3n) is 4.93. The standard InChI is InChI=1S/C23H26FN3O3/c1-23(2,3)30-22(28)27-11-8-17(9-12-27)19-5-4-10-26-21(19)29-15-18-7-6-16(14-25)13-20(18)24/h4-7,10,13,17H,8-9,11-12,15H2,1-3H3. The number of nitriles is 1. The quantitative estimate of drug-likeness (QED) is 0.723. The van der Waals surface area contributed by atoms with Crippen molar-refractivity contribution in [2.24, 2.45) is 0 Å². The first kappa shape index (κ1) is 21.6. The lowest BCUT2D eigenvalue weighted by molar-refractivity contribution is 0.0204. The molecule has 1 fully saturated rings. The van der Waals surface area contributed by atoms with Crippen molar-refractivity contribution >= 4 is 6.09 Å². The molecule has 158 valence electrons. The van der Waals surface area contributed by atoms with Crippen molar-refractivity contribution in [1.82, 2.24) is 9.88 Å². The molecule has 2 heterocycles. The van der Waals surface area contributed by atoms with Crippen molar-refractivity contribution in [2.75, 3.05) is 13.1 Å². The molecule has 1 amide bonds. The summed E-state index contributed by atoms with van der Waals surface area (Å²) < 4.78 is 25.4. The van der Waals surface area contributed by atoms with Gasteiger partial charge in [-0.3, -0.25) is 0 Å². The second-order valence-electron chi connectivity index (χ2n) is 8.35. The van der Waals surface area contributed by atoms with E-state index in [2.05, 4.69) is 4.98 Å². The summed E-state index contributed by atoms with van der Waals surface area (Å²) in [5, 5.41) is 8.86. The number of pyridine rings is 1. The zero-order chi connectivity index (χ0) is 21.7. The molecule has 0 bridgehead atoms.